The van der Waals surface area contributed by atoms with Crippen LogP contribution in [0, 0.1) is 34.9 Å². The molecule has 2 N–H and O–H groups in total. The Kier molecular flexibility index (Phi) is 11.3. The fourth-order valence-corrected chi connectivity index (χ4v) is 11.2. The maximum atomic E-state index is 14.6. The van der Waals surface area contributed by atoms with Crippen molar-refractivity contribution in [1.82, 2.24) is 20.0 Å². The summed E-state index contributed by atoms with van der Waals surface area (Å²) in [6.07, 6.45) is 2.64. The number of amides is 2. The summed E-state index contributed by atoms with van der Waals surface area (Å²) < 4.78 is 46.7. The minimum atomic E-state index is -3.58. The fraction of sp³-hybridized carbons (Fsp3) is 0.575. The Hall–Kier alpha value is -4.03. The standard InChI is InChI=1S/C40H51FN6O6S/c1-28(21-45-16-18-53-19-17-45)38(48)47-25-35(26-47)54(51,52)34-10-8-33(9-11-34)46-23-29(24-46)22-44-14-12-30(13-15-44)40(27-42,31-4-2-5-32(41)20-31)36-6-3-7-37(36)43-39(49)50/h2,4-5,8-11,20,29-30,35-37,43H,1,3,6-7,12-19,21-26H2,(H,49,50)/t36-,37-,40?/m0/s1. The normalized spacial score (nSPS) is 24.6. The molecule has 2 amide bonds. The molecule has 4 saturated heterocycles. The number of carbonyl (C=O) groups excluding carboxylic acids is 1. The molecule has 4 heterocycles. The van der Waals surface area contributed by atoms with Crippen molar-refractivity contribution < 1.29 is 32.2 Å². The lowest BCUT2D eigenvalue weighted by Crippen LogP contribution is -2.57. The van der Waals surface area contributed by atoms with Crippen molar-refractivity contribution in [3.05, 3.63) is 72.1 Å². The van der Waals surface area contributed by atoms with Gasteiger partial charge in [0, 0.05) is 81.5 Å². The number of morpholine rings is 1. The van der Waals surface area contributed by atoms with E-state index >= 15 is 0 Å². The number of anilines is 1. The fourth-order valence-electron chi connectivity index (χ4n) is 9.57. The van der Waals surface area contributed by atoms with Crippen LogP contribution in [0.4, 0.5) is 14.9 Å². The van der Waals surface area contributed by atoms with E-state index in [9.17, 15) is 32.8 Å². The van der Waals surface area contributed by atoms with Crippen molar-refractivity contribution in [1.29, 1.82) is 5.26 Å². The van der Waals surface area contributed by atoms with Crippen molar-refractivity contribution in [3.63, 3.8) is 0 Å². The van der Waals surface area contributed by atoms with Crippen LogP contribution in [0.3, 0.4) is 0 Å². The number of carbonyl (C=O) groups is 2. The van der Waals surface area contributed by atoms with E-state index in [4.69, 9.17) is 4.74 Å². The molecule has 0 spiro atoms. The van der Waals surface area contributed by atoms with Crippen molar-refractivity contribution in [2.24, 2.45) is 17.8 Å². The van der Waals surface area contributed by atoms with Crippen LogP contribution < -0.4 is 10.2 Å². The molecule has 1 unspecified atom stereocenters. The third kappa shape index (κ3) is 7.74. The van der Waals surface area contributed by atoms with Crippen molar-refractivity contribution >= 4 is 27.5 Å². The van der Waals surface area contributed by atoms with E-state index in [2.05, 4.69) is 32.7 Å². The van der Waals surface area contributed by atoms with Gasteiger partial charge in [0.2, 0.25) is 0 Å². The van der Waals surface area contributed by atoms with Crippen molar-refractivity contribution in [3.8, 4) is 6.07 Å². The molecule has 1 aliphatic carbocycles. The van der Waals surface area contributed by atoms with Crippen molar-refractivity contribution in [2.45, 2.75) is 53.7 Å². The number of halogens is 1. The van der Waals surface area contributed by atoms with Gasteiger partial charge in [-0.2, -0.15) is 5.26 Å². The molecule has 7 rings (SSSR count). The van der Waals surface area contributed by atoms with Gasteiger partial charge >= 0.3 is 6.09 Å². The molecule has 14 heteroatoms. The van der Waals surface area contributed by atoms with E-state index in [0.29, 0.717) is 49.7 Å². The average Bonchev–Trinajstić information content (AvgIpc) is 3.58. The third-order valence-electron chi connectivity index (χ3n) is 12.5. The number of hydrogen-bond acceptors (Lipinski definition) is 9. The molecular weight excluding hydrogens is 712 g/mol. The van der Waals surface area contributed by atoms with Gasteiger partial charge in [0.05, 0.1) is 29.6 Å². The lowest BCUT2D eigenvalue weighted by Gasteiger charge is -2.48. The summed E-state index contributed by atoms with van der Waals surface area (Å²) in [5, 5.41) is 22.4. The number of sulfone groups is 1. The number of benzene rings is 2. The highest BCUT2D eigenvalue weighted by Crippen LogP contribution is 2.50. The Bertz CT molecular complexity index is 1850. The second-order valence-corrected chi connectivity index (χ2v) is 18.0. The highest BCUT2D eigenvalue weighted by atomic mass is 32.2. The van der Waals surface area contributed by atoms with Gasteiger partial charge in [-0.05, 0) is 86.7 Å². The number of carboxylic acid groups (broad SMARTS) is 1. The van der Waals surface area contributed by atoms with E-state index in [-0.39, 0.29) is 41.8 Å². The molecule has 0 radical (unpaired) electrons. The molecular formula is C40H51FN6O6S. The average molecular weight is 763 g/mol. The number of hydrogen-bond donors (Lipinski definition) is 2. The van der Waals surface area contributed by atoms with Crippen LogP contribution in [0.2, 0.25) is 0 Å². The van der Waals surface area contributed by atoms with Crippen LogP contribution in [0.5, 0.6) is 0 Å². The minimum Gasteiger partial charge on any atom is -0.465 e. The molecule has 5 aliphatic rings. The van der Waals surface area contributed by atoms with Gasteiger partial charge in [0.1, 0.15) is 11.1 Å². The quantitative estimate of drug-likeness (QED) is 0.307. The SMILES string of the molecule is C=C(CN1CCOCC1)C(=O)N1CC(S(=O)(=O)c2ccc(N3CC(CN4CCC(C(C#N)(c5cccc(F)c5)[C@H]5CCC[C@@H]5NC(=O)O)CC4)C3)cc2)C1. The number of nitrogens with zero attached hydrogens (tertiary/aromatic N) is 5. The Morgan fingerprint density at radius 3 is 2.33 bits per heavy atom. The Morgan fingerprint density at radius 2 is 1.69 bits per heavy atom. The molecule has 1 saturated carbocycles. The first-order chi connectivity index (χ1) is 26.0. The largest absolute Gasteiger partial charge is 0.465 e. The van der Waals surface area contributed by atoms with Gasteiger partial charge in [-0.1, -0.05) is 25.1 Å². The number of likely N-dealkylation sites (tertiary alicyclic amines) is 2. The third-order valence-corrected chi connectivity index (χ3v) is 14.6. The summed E-state index contributed by atoms with van der Waals surface area (Å²) in [7, 11) is -3.58. The van der Waals surface area contributed by atoms with Gasteiger partial charge in [-0.15, -0.1) is 0 Å². The number of nitriles is 1. The van der Waals surface area contributed by atoms with E-state index in [1.807, 2.05) is 18.2 Å². The summed E-state index contributed by atoms with van der Waals surface area (Å²) in [6.45, 7) is 11.8. The first-order valence-electron chi connectivity index (χ1n) is 19.2. The Balaban J connectivity index is 0.895. The van der Waals surface area contributed by atoms with E-state index in [1.165, 1.54) is 12.1 Å². The van der Waals surface area contributed by atoms with Gasteiger partial charge < -0.3 is 29.9 Å². The van der Waals surface area contributed by atoms with Gasteiger partial charge in [0.15, 0.2) is 9.84 Å². The Morgan fingerprint density at radius 1 is 0.981 bits per heavy atom. The maximum absolute atomic E-state index is 14.6. The molecule has 290 valence electrons. The van der Waals surface area contributed by atoms with E-state index in [0.717, 1.165) is 70.8 Å². The smallest absolute Gasteiger partial charge is 0.404 e. The molecule has 12 nitrogen and oxygen atoms in total. The zero-order valence-corrected chi connectivity index (χ0v) is 31.6. The second-order valence-electron chi connectivity index (χ2n) is 15.8. The first kappa shape index (κ1) is 38.3. The summed E-state index contributed by atoms with van der Waals surface area (Å²) in [6, 6.07) is 15.7. The summed E-state index contributed by atoms with van der Waals surface area (Å²) in [5.74, 6) is -0.395. The molecule has 0 aromatic heterocycles. The number of ether oxygens (including phenoxy) is 1. The summed E-state index contributed by atoms with van der Waals surface area (Å²) in [4.78, 5) is 33.2. The molecule has 0 bridgehead atoms. The lowest BCUT2D eigenvalue weighted by molar-refractivity contribution is -0.130. The van der Waals surface area contributed by atoms with Gasteiger partial charge in [-0.25, -0.2) is 17.6 Å². The lowest BCUT2D eigenvalue weighted by atomic mass is 9.59. The zero-order valence-electron chi connectivity index (χ0n) is 30.7. The molecule has 2 aromatic carbocycles. The highest BCUT2D eigenvalue weighted by Gasteiger charge is 2.53. The van der Waals surface area contributed by atoms with Crippen molar-refractivity contribution in [2.75, 3.05) is 83.6 Å². The minimum absolute atomic E-state index is 0.0299. The molecule has 2 aromatic rings. The van der Waals surface area contributed by atoms with Crippen LogP contribution >= 0.6 is 0 Å². The highest BCUT2D eigenvalue weighted by molar-refractivity contribution is 7.92. The number of nitrogens with one attached hydrogen (secondary N) is 1. The number of rotatable bonds is 12. The first-order valence-corrected chi connectivity index (χ1v) is 20.8. The van der Waals surface area contributed by atoms with Crippen LogP contribution in [0.15, 0.2) is 65.6 Å². The van der Waals surface area contributed by atoms with Crippen LogP contribution in [-0.4, -0.2) is 130 Å². The Labute approximate surface area is 317 Å². The monoisotopic (exact) mass is 762 g/mol. The number of piperidine rings is 1. The zero-order chi connectivity index (χ0) is 38.0. The molecule has 54 heavy (non-hydrogen) atoms. The molecule has 3 atom stereocenters. The van der Waals surface area contributed by atoms with Crippen LogP contribution in [-0.2, 0) is 24.8 Å². The molecule has 4 aliphatic heterocycles. The second kappa shape index (κ2) is 16.0. The van der Waals surface area contributed by atoms with E-state index < -0.39 is 32.4 Å². The predicted octanol–water partition coefficient (Wildman–Crippen LogP) is 3.74. The van der Waals surface area contributed by atoms with Gasteiger partial charge in [0.25, 0.3) is 5.91 Å². The van der Waals surface area contributed by atoms with Crippen LogP contribution in [0.1, 0.15) is 37.7 Å². The topological polar surface area (TPSA) is 147 Å². The predicted molar refractivity (Wildman–Crippen MR) is 201 cm³/mol. The summed E-state index contributed by atoms with van der Waals surface area (Å²) >= 11 is 0. The molecule has 5 fully saturated rings. The van der Waals surface area contributed by atoms with Crippen LogP contribution in [0.25, 0.3) is 0 Å². The maximum Gasteiger partial charge on any atom is 0.404 e. The van der Waals surface area contributed by atoms with E-state index in [1.54, 1.807) is 23.1 Å². The summed E-state index contributed by atoms with van der Waals surface area (Å²) in [5.41, 5.74) is 1.11. The van der Waals surface area contributed by atoms with Gasteiger partial charge in [-0.3, -0.25) is 9.69 Å².